The third-order valence-electron chi connectivity index (χ3n) is 4.56. The molecule has 2 aliphatic carbocycles. The van der Waals surface area contributed by atoms with Gasteiger partial charge in [-0.3, -0.25) is 4.79 Å². The first-order chi connectivity index (χ1) is 9.61. The second-order valence-electron chi connectivity index (χ2n) is 5.86. The summed E-state index contributed by atoms with van der Waals surface area (Å²) in [6.45, 7) is 1.85. The molecule has 0 aliphatic heterocycles. The van der Waals surface area contributed by atoms with Gasteiger partial charge in [-0.1, -0.05) is 12.8 Å². The molecule has 0 radical (unpaired) electrons. The molecule has 1 heterocycles. The second kappa shape index (κ2) is 4.96. The Balaban J connectivity index is 1.72. The van der Waals surface area contributed by atoms with Gasteiger partial charge >= 0.3 is 5.97 Å². The lowest BCUT2D eigenvalue weighted by molar-refractivity contribution is -0.117. The van der Waals surface area contributed by atoms with Crippen molar-refractivity contribution in [3.05, 3.63) is 17.5 Å². The summed E-state index contributed by atoms with van der Waals surface area (Å²) in [5.74, 6) is 0.849. The molecule has 20 heavy (non-hydrogen) atoms. The summed E-state index contributed by atoms with van der Waals surface area (Å²) >= 11 is 0. The molecule has 2 N–H and O–H groups in total. The fraction of sp³-hybridized carbons (Fsp3) is 0.600. The summed E-state index contributed by atoms with van der Waals surface area (Å²) < 4.78 is 4.72. The van der Waals surface area contributed by atoms with Gasteiger partial charge in [0, 0.05) is 11.6 Å². The normalized spacial score (nSPS) is 27.6. The quantitative estimate of drug-likeness (QED) is 0.833. The Morgan fingerprint density at radius 2 is 1.95 bits per heavy atom. The number of fused-ring (bicyclic) bond motifs is 1. The fourth-order valence-electron chi connectivity index (χ4n) is 3.55. The maximum atomic E-state index is 12.3. The summed E-state index contributed by atoms with van der Waals surface area (Å²) in [7, 11) is 1.33. The van der Waals surface area contributed by atoms with Gasteiger partial charge in [-0.25, -0.2) is 4.79 Å². The summed E-state index contributed by atoms with van der Waals surface area (Å²) in [5, 5.41) is 2.89. The number of ether oxygens (including phenoxy) is 1. The van der Waals surface area contributed by atoms with Gasteiger partial charge in [-0.2, -0.15) is 0 Å². The zero-order valence-corrected chi connectivity index (χ0v) is 11.9. The van der Waals surface area contributed by atoms with E-state index in [4.69, 9.17) is 4.74 Å². The van der Waals surface area contributed by atoms with Crippen molar-refractivity contribution < 1.29 is 14.3 Å². The highest BCUT2D eigenvalue weighted by Crippen LogP contribution is 2.55. The molecule has 5 heteroatoms. The topological polar surface area (TPSA) is 71.2 Å². The van der Waals surface area contributed by atoms with E-state index in [9.17, 15) is 9.59 Å². The Morgan fingerprint density at radius 3 is 2.55 bits per heavy atom. The van der Waals surface area contributed by atoms with Crippen molar-refractivity contribution in [1.82, 2.24) is 4.98 Å². The minimum atomic E-state index is -0.457. The van der Waals surface area contributed by atoms with Crippen molar-refractivity contribution in [3.8, 4) is 0 Å². The molecule has 0 spiro atoms. The maximum Gasteiger partial charge on any atom is 0.356 e. The van der Waals surface area contributed by atoms with Crippen LogP contribution in [0.4, 0.5) is 5.69 Å². The third-order valence-corrected chi connectivity index (χ3v) is 4.56. The number of methoxy groups -OCH3 is 1. The van der Waals surface area contributed by atoms with Gasteiger partial charge in [0.15, 0.2) is 0 Å². The summed E-state index contributed by atoms with van der Waals surface area (Å²) in [6.07, 6.45) is 4.81. The lowest BCUT2D eigenvalue weighted by Gasteiger charge is -2.05. The van der Waals surface area contributed by atoms with E-state index < -0.39 is 5.97 Å². The van der Waals surface area contributed by atoms with E-state index in [1.54, 1.807) is 6.07 Å². The number of aromatic amines is 1. The minimum absolute atomic E-state index is 0.0473. The van der Waals surface area contributed by atoms with Gasteiger partial charge in [0.05, 0.1) is 12.8 Å². The van der Waals surface area contributed by atoms with E-state index >= 15 is 0 Å². The fourth-order valence-corrected chi connectivity index (χ4v) is 3.55. The molecular formula is C15H20N2O3. The number of hydrogen-bond donors (Lipinski definition) is 2. The monoisotopic (exact) mass is 276 g/mol. The predicted octanol–water partition coefficient (Wildman–Crippen LogP) is 2.48. The average Bonchev–Trinajstić information content (AvgIpc) is 3.07. The standard InChI is InChI=1S/C15H20N2O3/c1-8-7-11(13(16-8)15(19)20-2)17-14(18)12-9-5-3-4-6-10(9)12/h7,9-10,12,16H,3-6H2,1-2H3,(H,17,18)/t9-,10-/m0/s1. The number of amides is 1. The van der Waals surface area contributed by atoms with Crippen LogP contribution in [0.1, 0.15) is 41.9 Å². The second-order valence-corrected chi connectivity index (χ2v) is 5.86. The largest absolute Gasteiger partial charge is 0.464 e. The number of aromatic nitrogens is 1. The first-order valence-corrected chi connectivity index (χ1v) is 7.20. The number of anilines is 1. The highest BCUT2D eigenvalue weighted by atomic mass is 16.5. The lowest BCUT2D eigenvalue weighted by Crippen LogP contribution is -2.17. The molecule has 5 nitrogen and oxygen atoms in total. The predicted molar refractivity (Wildman–Crippen MR) is 74.4 cm³/mol. The number of hydrogen-bond acceptors (Lipinski definition) is 3. The van der Waals surface area contributed by atoms with Gasteiger partial charge in [0.25, 0.3) is 0 Å². The first-order valence-electron chi connectivity index (χ1n) is 7.20. The Bertz CT molecular complexity index is 537. The van der Waals surface area contributed by atoms with Crippen molar-refractivity contribution in [3.63, 3.8) is 0 Å². The van der Waals surface area contributed by atoms with Crippen LogP contribution in [-0.4, -0.2) is 24.0 Å². The average molecular weight is 276 g/mol. The molecule has 2 aliphatic rings. The third kappa shape index (κ3) is 2.21. The number of rotatable bonds is 3. The van der Waals surface area contributed by atoms with Crippen LogP contribution in [0.5, 0.6) is 0 Å². The zero-order chi connectivity index (χ0) is 14.3. The minimum Gasteiger partial charge on any atom is -0.464 e. The molecule has 0 aromatic carbocycles. The highest BCUT2D eigenvalue weighted by Gasteiger charge is 2.54. The van der Waals surface area contributed by atoms with Crippen molar-refractivity contribution in [2.75, 3.05) is 12.4 Å². The molecule has 1 aromatic heterocycles. The molecule has 3 rings (SSSR count). The Labute approximate surface area is 118 Å². The van der Waals surface area contributed by atoms with Crippen LogP contribution in [0, 0.1) is 24.7 Å². The van der Waals surface area contributed by atoms with Gasteiger partial charge in [-0.05, 0) is 37.7 Å². The molecule has 1 amide bonds. The number of esters is 1. The van der Waals surface area contributed by atoms with E-state index in [-0.39, 0.29) is 11.8 Å². The van der Waals surface area contributed by atoms with Gasteiger partial charge < -0.3 is 15.0 Å². The van der Waals surface area contributed by atoms with Crippen LogP contribution in [0.2, 0.25) is 0 Å². The summed E-state index contributed by atoms with van der Waals surface area (Å²) in [6, 6.07) is 1.77. The Morgan fingerprint density at radius 1 is 1.30 bits per heavy atom. The molecule has 1 aromatic rings. The Kier molecular flexibility index (Phi) is 3.28. The van der Waals surface area contributed by atoms with Crippen LogP contribution in [0.3, 0.4) is 0 Å². The highest BCUT2D eigenvalue weighted by molar-refractivity contribution is 6.02. The molecule has 2 fully saturated rings. The molecule has 0 unspecified atom stereocenters. The molecule has 2 saturated carbocycles. The van der Waals surface area contributed by atoms with Crippen LogP contribution in [0.25, 0.3) is 0 Å². The SMILES string of the molecule is COC(=O)c1[nH]c(C)cc1NC(=O)C1[C@H]2CCCC[C@H]12. The smallest absolute Gasteiger partial charge is 0.356 e. The van der Waals surface area contributed by atoms with E-state index in [1.165, 1.54) is 32.8 Å². The first kappa shape index (κ1) is 13.2. The number of carbonyl (C=O) groups is 2. The maximum absolute atomic E-state index is 12.3. The van der Waals surface area contributed by atoms with Crippen molar-refractivity contribution in [2.24, 2.45) is 17.8 Å². The lowest BCUT2D eigenvalue weighted by atomic mass is 10.0. The number of aryl methyl sites for hydroxylation is 1. The zero-order valence-electron chi connectivity index (χ0n) is 11.9. The van der Waals surface area contributed by atoms with Gasteiger partial charge in [0.2, 0.25) is 5.91 Å². The Hall–Kier alpha value is -1.78. The summed E-state index contributed by atoms with van der Waals surface area (Å²) in [5.41, 5.74) is 1.68. The van der Waals surface area contributed by atoms with Crippen molar-refractivity contribution in [1.29, 1.82) is 0 Å². The van der Waals surface area contributed by atoms with Crippen LogP contribution < -0.4 is 5.32 Å². The van der Waals surface area contributed by atoms with E-state index in [2.05, 4.69) is 10.3 Å². The van der Waals surface area contributed by atoms with E-state index in [1.807, 2.05) is 6.92 Å². The molecule has 108 valence electrons. The van der Waals surface area contributed by atoms with Crippen molar-refractivity contribution >= 4 is 17.6 Å². The van der Waals surface area contributed by atoms with Crippen LogP contribution >= 0.6 is 0 Å². The number of H-pyrrole nitrogens is 1. The van der Waals surface area contributed by atoms with Crippen molar-refractivity contribution in [2.45, 2.75) is 32.6 Å². The molecule has 0 bridgehead atoms. The van der Waals surface area contributed by atoms with Crippen LogP contribution in [0.15, 0.2) is 6.07 Å². The van der Waals surface area contributed by atoms with Gasteiger partial charge in [0.1, 0.15) is 5.69 Å². The van der Waals surface area contributed by atoms with Crippen LogP contribution in [-0.2, 0) is 9.53 Å². The number of carbonyl (C=O) groups excluding carboxylic acids is 2. The van der Waals surface area contributed by atoms with E-state index in [0.717, 1.165) is 5.69 Å². The summed E-state index contributed by atoms with van der Waals surface area (Å²) in [4.78, 5) is 26.9. The number of nitrogens with one attached hydrogen (secondary N) is 2. The van der Waals surface area contributed by atoms with E-state index in [0.29, 0.717) is 23.2 Å². The molecule has 0 saturated heterocycles. The molecular weight excluding hydrogens is 256 g/mol. The van der Waals surface area contributed by atoms with Gasteiger partial charge in [-0.15, -0.1) is 0 Å². The molecule has 2 atom stereocenters.